The van der Waals surface area contributed by atoms with Crippen molar-refractivity contribution in [3.8, 4) is 0 Å². The average molecular weight is 373 g/mol. The number of sulfone groups is 1. The Labute approximate surface area is 154 Å². The number of fused-ring (bicyclic) bond motifs is 1. The van der Waals surface area contributed by atoms with Crippen LogP contribution in [0.4, 0.5) is 5.69 Å². The second kappa shape index (κ2) is 7.21. The fourth-order valence-corrected chi connectivity index (χ4v) is 4.32. The van der Waals surface area contributed by atoms with Gasteiger partial charge in [0.05, 0.1) is 17.3 Å². The van der Waals surface area contributed by atoms with E-state index in [1.165, 1.54) is 30.4 Å². The molecule has 3 rings (SSSR count). The van der Waals surface area contributed by atoms with Gasteiger partial charge in [0.1, 0.15) is 0 Å². The molecule has 0 aromatic heterocycles. The van der Waals surface area contributed by atoms with Crippen LogP contribution in [0.5, 0.6) is 0 Å². The van der Waals surface area contributed by atoms with Gasteiger partial charge in [0.15, 0.2) is 9.84 Å². The highest BCUT2D eigenvalue weighted by atomic mass is 32.2. The lowest BCUT2D eigenvalue weighted by Gasteiger charge is -2.18. The zero-order valence-corrected chi connectivity index (χ0v) is 16.1. The van der Waals surface area contributed by atoms with E-state index in [1.54, 1.807) is 17.0 Å². The van der Waals surface area contributed by atoms with Crippen molar-refractivity contribution in [2.24, 2.45) is 0 Å². The van der Waals surface area contributed by atoms with E-state index in [0.717, 1.165) is 17.7 Å². The summed E-state index contributed by atoms with van der Waals surface area (Å²) in [5.74, 6) is -0.178. The van der Waals surface area contributed by atoms with E-state index in [9.17, 15) is 13.2 Å². The normalized spacial score (nSPS) is 13.7. The molecule has 1 amide bonds. The highest BCUT2D eigenvalue weighted by Gasteiger charge is 2.26. The number of rotatable bonds is 5. The van der Waals surface area contributed by atoms with E-state index < -0.39 is 9.84 Å². The molecule has 0 saturated heterocycles. The molecular weight excluding hydrogens is 350 g/mol. The van der Waals surface area contributed by atoms with E-state index in [2.05, 4.69) is 19.1 Å². The maximum Gasteiger partial charge on any atom is 0.258 e. The Morgan fingerprint density at radius 2 is 1.77 bits per heavy atom. The van der Waals surface area contributed by atoms with Crippen molar-refractivity contribution in [3.05, 3.63) is 58.7 Å². The fourth-order valence-electron chi connectivity index (χ4n) is 3.15. The zero-order valence-electron chi connectivity index (χ0n) is 15.3. The molecule has 1 aliphatic heterocycles. The summed E-state index contributed by atoms with van der Waals surface area (Å²) in [6.45, 7) is 4.90. The molecule has 0 aliphatic carbocycles. The summed E-state index contributed by atoms with van der Waals surface area (Å²) in [6.07, 6.45) is 0.839. The Morgan fingerprint density at radius 1 is 1.12 bits per heavy atom. The number of hydrogen-bond donors (Lipinski definition) is 0. The largest absolute Gasteiger partial charge is 0.384 e. The van der Waals surface area contributed by atoms with Gasteiger partial charge < -0.3 is 9.64 Å². The Morgan fingerprint density at radius 3 is 2.42 bits per heavy atom. The Bertz CT molecular complexity index is 933. The summed E-state index contributed by atoms with van der Waals surface area (Å²) in [4.78, 5) is 14.9. The van der Waals surface area contributed by atoms with Crippen molar-refractivity contribution in [1.29, 1.82) is 0 Å². The number of hydrogen-bond acceptors (Lipinski definition) is 4. The van der Waals surface area contributed by atoms with Crippen LogP contribution in [0.3, 0.4) is 0 Å². The minimum absolute atomic E-state index is 0.0745. The van der Waals surface area contributed by atoms with Gasteiger partial charge in [-0.15, -0.1) is 0 Å². The van der Waals surface area contributed by atoms with Gasteiger partial charge in [-0.05, 0) is 67.3 Å². The van der Waals surface area contributed by atoms with Crippen LogP contribution in [0.1, 0.15) is 27.0 Å². The van der Waals surface area contributed by atoms with Gasteiger partial charge in [-0.1, -0.05) is 6.07 Å². The summed E-state index contributed by atoms with van der Waals surface area (Å²) in [5, 5.41) is 0. The minimum atomic E-state index is -3.39. The van der Waals surface area contributed by atoms with Gasteiger partial charge in [0.25, 0.3) is 5.91 Å². The Hall–Kier alpha value is -2.18. The van der Waals surface area contributed by atoms with Gasteiger partial charge in [-0.2, -0.15) is 0 Å². The first-order valence-electron chi connectivity index (χ1n) is 8.57. The number of aryl methyl sites for hydroxylation is 2. The number of benzene rings is 2. The first kappa shape index (κ1) is 18.6. The van der Waals surface area contributed by atoms with Crippen molar-refractivity contribution >= 4 is 21.4 Å². The van der Waals surface area contributed by atoms with E-state index in [0.29, 0.717) is 12.1 Å². The van der Waals surface area contributed by atoms with E-state index in [4.69, 9.17) is 4.74 Å². The summed E-state index contributed by atoms with van der Waals surface area (Å²) >= 11 is 0. The van der Waals surface area contributed by atoms with Gasteiger partial charge in [0.2, 0.25) is 0 Å². The molecule has 0 saturated carbocycles. The van der Waals surface area contributed by atoms with Crippen LogP contribution < -0.4 is 4.90 Å². The minimum Gasteiger partial charge on any atom is -0.384 e. The molecule has 0 radical (unpaired) electrons. The maximum absolute atomic E-state index is 12.9. The topological polar surface area (TPSA) is 63.7 Å². The molecule has 6 heteroatoms. The van der Waals surface area contributed by atoms with E-state index >= 15 is 0 Å². The number of nitrogens with zero attached hydrogens (tertiary/aromatic N) is 1. The van der Waals surface area contributed by atoms with Crippen molar-refractivity contribution in [3.63, 3.8) is 0 Å². The molecule has 0 bridgehead atoms. The third-order valence-electron chi connectivity index (χ3n) is 4.85. The van der Waals surface area contributed by atoms with Crippen molar-refractivity contribution in [1.82, 2.24) is 0 Å². The lowest BCUT2D eigenvalue weighted by Crippen LogP contribution is -2.29. The summed E-state index contributed by atoms with van der Waals surface area (Å²) < 4.78 is 29.2. The highest BCUT2D eigenvalue weighted by Crippen LogP contribution is 2.32. The van der Waals surface area contributed by atoms with Crippen LogP contribution in [0, 0.1) is 13.8 Å². The molecule has 5 nitrogen and oxygen atoms in total. The number of amides is 1. The SMILES string of the molecule is COCCS(=O)(=O)c1ccc(C(=O)N2CCc3cc(C)c(C)cc32)cc1. The molecular formula is C20H23NO4S. The standard InChI is InChI=1S/C20H23NO4S/c1-14-12-17-8-9-21(19(17)13-15(14)2)20(22)16-4-6-18(7-5-16)26(23,24)11-10-25-3/h4-7,12-13H,8-11H2,1-3H3. The monoisotopic (exact) mass is 373 g/mol. The average Bonchev–Trinajstić information content (AvgIpc) is 3.02. The quantitative estimate of drug-likeness (QED) is 0.808. The highest BCUT2D eigenvalue weighted by molar-refractivity contribution is 7.91. The van der Waals surface area contributed by atoms with E-state index in [1.807, 2.05) is 6.92 Å². The van der Waals surface area contributed by atoms with Crippen molar-refractivity contribution in [2.75, 3.05) is 30.9 Å². The third kappa shape index (κ3) is 3.52. The van der Waals surface area contributed by atoms with Crippen LogP contribution in [0.15, 0.2) is 41.3 Å². The molecule has 138 valence electrons. The van der Waals surface area contributed by atoms with Crippen molar-refractivity contribution in [2.45, 2.75) is 25.2 Å². The van der Waals surface area contributed by atoms with Gasteiger partial charge >= 0.3 is 0 Å². The van der Waals surface area contributed by atoms with Gasteiger partial charge in [-0.3, -0.25) is 4.79 Å². The van der Waals surface area contributed by atoms with Crippen LogP contribution in [-0.2, 0) is 21.0 Å². The Kier molecular flexibility index (Phi) is 5.16. The van der Waals surface area contributed by atoms with Crippen LogP contribution >= 0.6 is 0 Å². The number of carbonyl (C=O) groups is 1. The van der Waals surface area contributed by atoms with Crippen LogP contribution in [-0.4, -0.2) is 40.3 Å². The predicted octanol–water partition coefficient (Wildman–Crippen LogP) is 2.93. The molecule has 0 atom stereocenters. The third-order valence-corrected chi connectivity index (χ3v) is 6.55. The summed E-state index contributed by atoms with van der Waals surface area (Å²) in [7, 11) is -1.93. The first-order valence-corrected chi connectivity index (χ1v) is 10.2. The van der Waals surface area contributed by atoms with Crippen LogP contribution in [0.2, 0.25) is 0 Å². The number of methoxy groups -OCH3 is 1. The summed E-state index contributed by atoms with van der Waals surface area (Å²) in [5.41, 5.74) is 5.00. The molecule has 2 aromatic carbocycles. The fraction of sp³-hybridized carbons (Fsp3) is 0.350. The molecule has 0 unspecified atom stereocenters. The number of carbonyl (C=O) groups excluding carboxylic acids is 1. The van der Waals surface area contributed by atoms with Gasteiger partial charge in [-0.25, -0.2) is 8.42 Å². The van der Waals surface area contributed by atoms with Crippen LogP contribution in [0.25, 0.3) is 0 Å². The smallest absolute Gasteiger partial charge is 0.258 e. The van der Waals surface area contributed by atoms with Crippen molar-refractivity contribution < 1.29 is 17.9 Å². The number of anilines is 1. The number of ether oxygens (including phenoxy) is 1. The second-order valence-electron chi connectivity index (χ2n) is 6.61. The maximum atomic E-state index is 12.9. The molecule has 0 fully saturated rings. The molecule has 0 N–H and O–H groups in total. The van der Waals surface area contributed by atoms with E-state index in [-0.39, 0.29) is 23.2 Å². The molecule has 26 heavy (non-hydrogen) atoms. The molecule has 1 heterocycles. The van der Waals surface area contributed by atoms with Gasteiger partial charge in [0, 0.05) is 24.9 Å². The summed E-state index contributed by atoms with van der Waals surface area (Å²) in [6, 6.07) is 10.4. The molecule has 1 aliphatic rings. The second-order valence-corrected chi connectivity index (χ2v) is 8.72. The lowest BCUT2D eigenvalue weighted by molar-refractivity contribution is 0.0989. The lowest BCUT2D eigenvalue weighted by atomic mass is 10.0. The predicted molar refractivity (Wildman–Crippen MR) is 102 cm³/mol. The zero-order chi connectivity index (χ0) is 18.9. The first-order chi connectivity index (χ1) is 12.3. The molecule has 2 aromatic rings. The Balaban J connectivity index is 1.84. The molecule has 0 spiro atoms.